The number of rotatable bonds is 8. The Kier molecular flexibility index (Phi) is 10.1. The Morgan fingerprint density at radius 3 is 2.35 bits per heavy atom. The maximum atomic E-state index is 13.5. The van der Waals surface area contributed by atoms with Crippen LogP contribution in [0.1, 0.15) is 25.3 Å². The van der Waals surface area contributed by atoms with Crippen LogP contribution in [-0.4, -0.2) is 89.3 Å². The number of aryl methyl sites for hydroxylation is 1. The fourth-order valence-corrected chi connectivity index (χ4v) is 5.65. The maximum absolute atomic E-state index is 13.5. The van der Waals surface area contributed by atoms with E-state index in [0.29, 0.717) is 29.1 Å². The minimum Gasteiger partial charge on any atom is -0.502 e. The third-order valence-electron chi connectivity index (χ3n) is 7.37. The van der Waals surface area contributed by atoms with Gasteiger partial charge in [-0.1, -0.05) is 17.7 Å². The molecule has 12 heteroatoms. The first-order chi connectivity index (χ1) is 16.6. The number of fused-ring (bicyclic) bond motifs is 1. The minimum atomic E-state index is -1.21. The first-order valence-corrected chi connectivity index (χ1v) is 12.4. The molecule has 4 rings (SSSR count). The predicted octanol–water partition coefficient (Wildman–Crippen LogP) is 1.87. The van der Waals surface area contributed by atoms with Crippen molar-refractivity contribution in [3.8, 4) is 0 Å². The monoisotopic (exact) mass is 957 g/mol. The summed E-state index contributed by atoms with van der Waals surface area (Å²) < 4.78 is 0. The van der Waals surface area contributed by atoms with Crippen molar-refractivity contribution in [2.45, 2.75) is 26.7 Å². The largest absolute Gasteiger partial charge is 0.502 e. The third-order valence-corrected chi connectivity index (χ3v) is 7.78. The van der Waals surface area contributed by atoms with Crippen molar-refractivity contribution in [2.24, 2.45) is 17.8 Å². The van der Waals surface area contributed by atoms with Crippen LogP contribution in [0.25, 0.3) is 0 Å². The summed E-state index contributed by atoms with van der Waals surface area (Å²) in [6.45, 7) is 9.26. The van der Waals surface area contributed by atoms with Crippen LogP contribution in [0.15, 0.2) is 18.2 Å². The first kappa shape index (κ1) is 30.1. The summed E-state index contributed by atoms with van der Waals surface area (Å²) in [4.78, 5) is 55.5. The molecule has 0 aliphatic carbocycles. The van der Waals surface area contributed by atoms with Crippen LogP contribution in [0.5, 0.6) is 0 Å². The van der Waals surface area contributed by atoms with E-state index in [1.54, 1.807) is 17.9 Å². The van der Waals surface area contributed by atoms with Crippen LogP contribution in [0, 0.1) is 31.2 Å². The molecule has 1 aromatic rings. The normalized spacial score (nSPS) is 22.8. The molecule has 3 aliphatic rings. The number of amides is 3. The van der Waals surface area contributed by atoms with Gasteiger partial charge in [-0.15, -0.1) is 0 Å². The number of hydrogen-bond acceptors (Lipinski definition) is 5. The molecular weight excluding hydrogens is 925 g/mol. The quantitative estimate of drug-likeness (QED) is 0.400. The van der Waals surface area contributed by atoms with E-state index >= 15 is 0 Å². The molecule has 3 amide bonds. The van der Waals surface area contributed by atoms with Gasteiger partial charge in [0, 0.05) is 83.7 Å². The number of carboxylic acid groups (broad SMARTS) is 1. The summed E-state index contributed by atoms with van der Waals surface area (Å²) in [6, 6.07) is 5.49. The van der Waals surface area contributed by atoms with Gasteiger partial charge in [0.05, 0.1) is 5.92 Å². The average molecular weight is 957 g/mol. The van der Waals surface area contributed by atoms with Gasteiger partial charge >= 0.3 is 0 Å². The summed E-state index contributed by atoms with van der Waals surface area (Å²) in [5.74, 6) is -1.23. The number of hydrogen-bond donors (Lipinski definition) is 1. The van der Waals surface area contributed by atoms with Gasteiger partial charge in [-0.05, 0) is 49.4 Å². The molecule has 9 nitrogen and oxygen atoms in total. The number of carbonyl (C=O) groups is 4. The van der Waals surface area contributed by atoms with Crippen molar-refractivity contribution in [3.05, 3.63) is 35.3 Å². The minimum absolute atomic E-state index is 0. The molecule has 3 saturated heterocycles. The van der Waals surface area contributed by atoms with Crippen molar-refractivity contribution >= 4 is 41.0 Å². The van der Waals surface area contributed by atoms with Gasteiger partial charge < -0.3 is 24.7 Å². The van der Waals surface area contributed by atoms with E-state index in [2.05, 4.69) is 4.90 Å². The average Bonchev–Trinajstić information content (AvgIpc) is 3.46. The fraction of sp³-hybridized carbons (Fsp3) is 0.560. The van der Waals surface area contributed by atoms with Crippen molar-refractivity contribution < 1.29 is 44.7 Å². The van der Waals surface area contributed by atoms with Crippen molar-refractivity contribution in [3.63, 3.8) is 0 Å². The SMILES string of the molecule is CC(=O)N1CC2CN(CCCN(C(=O)C3CC(=O)N([CH-]C(=O)O)C3)c3ccc(C)c(Cl)c3)CC2C1.[Re].[Rf]. The molecule has 199 valence electrons. The van der Waals surface area contributed by atoms with E-state index < -0.39 is 11.9 Å². The number of benzene rings is 1. The number of carboxylic acids is 1. The molecule has 1 radical (unpaired) electrons. The predicted molar refractivity (Wildman–Crippen MR) is 131 cm³/mol. The summed E-state index contributed by atoms with van der Waals surface area (Å²) in [7, 11) is 0. The Morgan fingerprint density at radius 2 is 1.78 bits per heavy atom. The van der Waals surface area contributed by atoms with E-state index in [4.69, 9.17) is 16.7 Å². The summed E-state index contributed by atoms with van der Waals surface area (Å²) in [6.07, 6.45) is 0.736. The van der Waals surface area contributed by atoms with E-state index in [0.717, 1.165) is 56.2 Å². The maximum Gasteiger partial charge on any atom is 0.232 e. The Morgan fingerprint density at radius 1 is 1.14 bits per heavy atom. The number of likely N-dealkylation sites (tertiary alicyclic amines) is 3. The second-order valence-corrected chi connectivity index (χ2v) is 10.3. The fourth-order valence-electron chi connectivity index (χ4n) is 5.47. The second-order valence-electron chi connectivity index (χ2n) is 9.90. The van der Waals surface area contributed by atoms with Crippen LogP contribution in [0.3, 0.4) is 0 Å². The molecule has 3 aliphatic heterocycles. The van der Waals surface area contributed by atoms with Crippen molar-refractivity contribution in [1.82, 2.24) is 14.7 Å². The zero-order valence-corrected chi connectivity index (χ0v) is 31.1. The van der Waals surface area contributed by atoms with E-state index in [1.165, 1.54) is 0 Å². The van der Waals surface area contributed by atoms with Gasteiger partial charge in [0.2, 0.25) is 11.8 Å². The zero-order chi connectivity index (χ0) is 25.3. The van der Waals surface area contributed by atoms with Gasteiger partial charge in [-0.25, -0.2) is 0 Å². The van der Waals surface area contributed by atoms with Gasteiger partial charge in [0.1, 0.15) is 0 Å². The molecule has 0 saturated carbocycles. The van der Waals surface area contributed by atoms with Crippen LogP contribution >= 0.6 is 11.6 Å². The molecule has 0 bridgehead atoms. The van der Waals surface area contributed by atoms with E-state index in [-0.39, 0.29) is 51.1 Å². The molecule has 1 N–H and O–H groups in total. The molecule has 3 atom stereocenters. The third kappa shape index (κ3) is 6.81. The molecule has 1 aromatic carbocycles. The second kappa shape index (κ2) is 12.4. The number of aliphatic carboxylic acids is 1. The Bertz CT molecular complexity index is 1020. The molecule has 3 fully saturated rings. The van der Waals surface area contributed by atoms with Gasteiger partial charge in [0.25, 0.3) is 0 Å². The summed E-state index contributed by atoms with van der Waals surface area (Å²) >= 11 is 6.35. The topological polar surface area (TPSA) is 101 Å². The number of carbonyl (C=O) groups excluding carboxylic acids is 3. The van der Waals surface area contributed by atoms with Crippen LogP contribution in [0.4, 0.5) is 5.69 Å². The van der Waals surface area contributed by atoms with Gasteiger partial charge in [-0.2, -0.15) is 6.54 Å². The number of halogens is 1. The van der Waals surface area contributed by atoms with E-state index in [9.17, 15) is 19.2 Å². The first-order valence-electron chi connectivity index (χ1n) is 12.0. The van der Waals surface area contributed by atoms with Crippen LogP contribution in [0.2, 0.25) is 5.02 Å². The standard InChI is InChI=1S/C25H32ClN4O5.Re.Rf/c1-16-4-5-21(9-22(16)26)30(25(35)18-8-23(32)29(12-18)15-24(33)34)7-3-6-27-10-19-13-28(17(2)31)14-20(19)11-27;;/h4-5,9,15,18-20H,3,6-8,10-14H2,1-2H3,(H,33,34);;/q-1;;. The molecule has 3 heterocycles. The smallest absolute Gasteiger partial charge is 0.232 e. The van der Waals surface area contributed by atoms with Crippen molar-refractivity contribution in [2.75, 3.05) is 50.7 Å². The molecule has 37 heavy (non-hydrogen) atoms. The van der Waals surface area contributed by atoms with Gasteiger partial charge in [0.15, 0.2) is 11.9 Å². The van der Waals surface area contributed by atoms with Crippen molar-refractivity contribution in [1.29, 1.82) is 0 Å². The zero-order valence-electron chi connectivity index (χ0n) is 21.2. The Balaban J connectivity index is 0.00000241. The van der Waals surface area contributed by atoms with E-state index in [1.807, 2.05) is 24.0 Å². The number of nitrogens with zero attached hydrogens (tertiary/aromatic N) is 4. The molecular formula is C25H32ClN4O5ReRf-. The summed E-state index contributed by atoms with van der Waals surface area (Å²) in [5.41, 5.74) is 1.58. The molecule has 3 unspecified atom stereocenters. The summed E-state index contributed by atoms with van der Waals surface area (Å²) in [5, 5.41) is 9.56. The van der Waals surface area contributed by atoms with Crippen LogP contribution in [-0.2, 0) is 39.6 Å². The number of anilines is 1. The van der Waals surface area contributed by atoms with Crippen LogP contribution < -0.4 is 4.90 Å². The Labute approximate surface area is 230 Å². The Hall–Kier alpha value is -3.12. The molecule has 0 spiro atoms. The van der Waals surface area contributed by atoms with Gasteiger partial charge in [-0.3, -0.25) is 19.2 Å². The molecule has 0 aromatic heterocycles.